The maximum absolute atomic E-state index is 12.6. The summed E-state index contributed by atoms with van der Waals surface area (Å²) >= 11 is 5.53. The third kappa shape index (κ3) is 4.93. The molecule has 0 aliphatic carbocycles. The Hall–Kier alpha value is -0.830. The Bertz CT molecular complexity index is 574. The van der Waals surface area contributed by atoms with Crippen molar-refractivity contribution in [3.8, 4) is 0 Å². The van der Waals surface area contributed by atoms with Crippen LogP contribution in [-0.2, 0) is 16.2 Å². The minimum Gasteiger partial charge on any atom is -0.328 e. The van der Waals surface area contributed by atoms with Gasteiger partial charge in [-0.25, -0.2) is 13.1 Å². The summed E-state index contributed by atoms with van der Waals surface area (Å²) in [6, 6.07) is 1.95. The molecule has 1 unspecified atom stereocenters. The smallest absolute Gasteiger partial charge is 0.328 e. The van der Waals surface area contributed by atoms with Gasteiger partial charge in [0.15, 0.2) is 0 Å². The van der Waals surface area contributed by atoms with E-state index < -0.39 is 26.7 Å². The first-order valence-electron chi connectivity index (χ1n) is 5.65. The highest BCUT2D eigenvalue weighted by atomic mass is 35.5. The fourth-order valence-corrected chi connectivity index (χ4v) is 2.80. The zero-order valence-corrected chi connectivity index (χ0v) is 12.1. The zero-order chi connectivity index (χ0) is 15.6. The first kappa shape index (κ1) is 17.2. The van der Waals surface area contributed by atoms with Crippen LogP contribution in [0.2, 0.25) is 5.02 Å². The van der Waals surface area contributed by atoms with E-state index in [1.54, 1.807) is 6.92 Å². The monoisotopic (exact) mass is 330 g/mol. The second-order valence-electron chi connectivity index (χ2n) is 4.34. The largest absolute Gasteiger partial charge is 0.416 e. The number of hydrogen-bond donors (Lipinski definition) is 2. The molecule has 0 aliphatic rings. The Balaban J connectivity index is 3.03. The predicted octanol–water partition coefficient (Wildman–Crippen LogP) is 2.37. The maximum atomic E-state index is 12.6. The molecule has 1 rings (SSSR count). The second kappa shape index (κ2) is 6.30. The van der Waals surface area contributed by atoms with E-state index in [2.05, 4.69) is 4.72 Å². The van der Waals surface area contributed by atoms with Gasteiger partial charge in [0.2, 0.25) is 10.0 Å². The summed E-state index contributed by atoms with van der Waals surface area (Å²) in [5.74, 6) is 0. The Morgan fingerprint density at radius 2 is 1.95 bits per heavy atom. The van der Waals surface area contributed by atoms with E-state index in [0.717, 1.165) is 6.07 Å². The molecule has 1 aromatic carbocycles. The number of sulfonamides is 1. The molecule has 0 amide bonds. The van der Waals surface area contributed by atoms with Crippen LogP contribution in [0, 0.1) is 0 Å². The molecule has 0 radical (unpaired) electrons. The lowest BCUT2D eigenvalue weighted by molar-refractivity contribution is -0.137. The Labute approximate surface area is 120 Å². The number of halogens is 4. The minimum atomic E-state index is -4.67. The van der Waals surface area contributed by atoms with E-state index in [1.807, 2.05) is 0 Å². The van der Waals surface area contributed by atoms with Crippen LogP contribution in [0.4, 0.5) is 13.2 Å². The highest BCUT2D eigenvalue weighted by Gasteiger charge is 2.32. The van der Waals surface area contributed by atoms with Crippen LogP contribution in [0.3, 0.4) is 0 Å². The fourth-order valence-electron chi connectivity index (χ4n) is 1.39. The van der Waals surface area contributed by atoms with Gasteiger partial charge < -0.3 is 5.73 Å². The third-order valence-electron chi connectivity index (χ3n) is 2.40. The molecule has 0 saturated carbocycles. The fraction of sp³-hybridized carbons (Fsp3) is 0.455. The van der Waals surface area contributed by atoms with Gasteiger partial charge in [0.25, 0.3) is 0 Å². The average molecular weight is 331 g/mol. The second-order valence-corrected chi connectivity index (χ2v) is 6.54. The Morgan fingerprint density at radius 1 is 1.35 bits per heavy atom. The molecule has 114 valence electrons. The quantitative estimate of drug-likeness (QED) is 0.870. The minimum absolute atomic E-state index is 0.0356. The van der Waals surface area contributed by atoms with E-state index in [9.17, 15) is 21.6 Å². The van der Waals surface area contributed by atoms with Gasteiger partial charge in [-0.3, -0.25) is 0 Å². The number of nitrogens with one attached hydrogen (secondary N) is 1. The molecule has 0 aromatic heterocycles. The van der Waals surface area contributed by atoms with Gasteiger partial charge >= 0.3 is 6.18 Å². The number of nitrogens with two attached hydrogens (primary N) is 1. The summed E-state index contributed by atoms with van der Waals surface area (Å²) in [6.07, 6.45) is -4.30. The van der Waals surface area contributed by atoms with Crippen LogP contribution in [0.1, 0.15) is 18.9 Å². The number of benzene rings is 1. The first-order valence-corrected chi connectivity index (χ1v) is 7.51. The normalized spacial score (nSPS) is 14.3. The topological polar surface area (TPSA) is 72.2 Å². The van der Waals surface area contributed by atoms with Crippen molar-refractivity contribution in [3.05, 3.63) is 28.8 Å². The molecule has 0 bridgehead atoms. The summed E-state index contributed by atoms with van der Waals surface area (Å²) in [7, 11) is -4.05. The molecular formula is C11H14ClF3N2O2S. The summed E-state index contributed by atoms with van der Waals surface area (Å²) in [5.41, 5.74) is 4.35. The molecule has 20 heavy (non-hydrogen) atoms. The van der Waals surface area contributed by atoms with Crippen molar-refractivity contribution >= 4 is 21.6 Å². The first-order chi connectivity index (χ1) is 9.02. The van der Waals surface area contributed by atoms with E-state index in [-0.39, 0.29) is 17.6 Å². The van der Waals surface area contributed by atoms with Crippen molar-refractivity contribution in [3.63, 3.8) is 0 Å². The van der Waals surface area contributed by atoms with Gasteiger partial charge in [0, 0.05) is 17.6 Å². The maximum Gasteiger partial charge on any atom is 0.416 e. The Kier molecular flexibility index (Phi) is 5.42. The molecule has 1 aromatic rings. The van der Waals surface area contributed by atoms with Gasteiger partial charge in [-0.1, -0.05) is 11.6 Å². The van der Waals surface area contributed by atoms with E-state index in [0.29, 0.717) is 18.6 Å². The Morgan fingerprint density at radius 3 is 2.45 bits per heavy atom. The number of rotatable bonds is 5. The average Bonchev–Trinajstić information content (AvgIpc) is 2.26. The summed E-state index contributed by atoms with van der Waals surface area (Å²) in [5, 5.41) is -0.299. The molecule has 0 saturated heterocycles. The van der Waals surface area contributed by atoms with Crippen molar-refractivity contribution < 1.29 is 21.6 Å². The van der Waals surface area contributed by atoms with Crippen molar-refractivity contribution in [2.45, 2.75) is 30.5 Å². The van der Waals surface area contributed by atoms with E-state index in [4.69, 9.17) is 17.3 Å². The van der Waals surface area contributed by atoms with Gasteiger partial charge in [-0.15, -0.1) is 0 Å². The molecule has 0 spiro atoms. The van der Waals surface area contributed by atoms with Crippen LogP contribution in [-0.4, -0.2) is 21.0 Å². The molecule has 4 nitrogen and oxygen atoms in total. The van der Waals surface area contributed by atoms with Crippen LogP contribution in [0.25, 0.3) is 0 Å². The number of alkyl halides is 3. The van der Waals surface area contributed by atoms with Crippen LogP contribution >= 0.6 is 11.6 Å². The van der Waals surface area contributed by atoms with Crippen LogP contribution in [0.5, 0.6) is 0 Å². The van der Waals surface area contributed by atoms with Gasteiger partial charge in [-0.2, -0.15) is 13.2 Å². The van der Waals surface area contributed by atoms with Crippen molar-refractivity contribution in [1.82, 2.24) is 4.72 Å². The molecule has 0 heterocycles. The molecule has 0 aliphatic heterocycles. The lowest BCUT2D eigenvalue weighted by atomic mass is 10.2. The van der Waals surface area contributed by atoms with Gasteiger partial charge in [0.1, 0.15) is 0 Å². The summed E-state index contributed by atoms with van der Waals surface area (Å²) in [4.78, 5) is -0.526. The van der Waals surface area contributed by atoms with Gasteiger partial charge in [0.05, 0.1) is 10.5 Å². The predicted molar refractivity (Wildman–Crippen MR) is 69.9 cm³/mol. The number of hydrogen-bond acceptors (Lipinski definition) is 3. The van der Waals surface area contributed by atoms with Gasteiger partial charge in [-0.05, 0) is 31.5 Å². The standard InChI is InChI=1S/C11H14ClF3N2O2S/c1-7(16)2-3-17-20(18,19)10-5-8(11(13,14)15)4-9(12)6-10/h4-7,17H,2-3,16H2,1H3. The van der Waals surface area contributed by atoms with Crippen molar-refractivity contribution in [2.75, 3.05) is 6.54 Å². The summed E-state index contributed by atoms with van der Waals surface area (Å²) < 4.78 is 63.7. The highest BCUT2D eigenvalue weighted by Crippen LogP contribution is 2.32. The SMILES string of the molecule is CC(N)CCNS(=O)(=O)c1cc(Cl)cc(C(F)(F)F)c1. The zero-order valence-electron chi connectivity index (χ0n) is 10.5. The third-order valence-corrected chi connectivity index (χ3v) is 4.06. The lowest BCUT2D eigenvalue weighted by Gasteiger charge is -2.12. The van der Waals surface area contributed by atoms with E-state index >= 15 is 0 Å². The molecular weight excluding hydrogens is 317 g/mol. The molecule has 0 fully saturated rings. The molecule has 3 N–H and O–H groups in total. The van der Waals surface area contributed by atoms with E-state index in [1.165, 1.54) is 0 Å². The molecule has 9 heteroatoms. The summed E-state index contributed by atoms with van der Waals surface area (Å²) in [6.45, 7) is 1.73. The van der Waals surface area contributed by atoms with Crippen molar-refractivity contribution in [2.24, 2.45) is 5.73 Å². The van der Waals surface area contributed by atoms with Crippen LogP contribution < -0.4 is 10.5 Å². The highest BCUT2D eigenvalue weighted by molar-refractivity contribution is 7.89. The van der Waals surface area contributed by atoms with Crippen molar-refractivity contribution in [1.29, 1.82) is 0 Å². The van der Waals surface area contributed by atoms with Crippen LogP contribution in [0.15, 0.2) is 23.1 Å². The molecule has 1 atom stereocenters. The lowest BCUT2D eigenvalue weighted by Crippen LogP contribution is -2.29.